The molecule has 0 spiro atoms. The summed E-state index contributed by atoms with van der Waals surface area (Å²) in [6.45, 7) is 0.0796. The first kappa shape index (κ1) is 16.1. The standard InChI is InChI=1S/C11H12BrF3O4/c1-17-5-7(16)6-18-8-2-3-10(9(12)4-8)19-11(13,14)15/h2-4,7,16H,5-6H2,1H3/t7-/m1/s1. The van der Waals surface area contributed by atoms with Gasteiger partial charge < -0.3 is 19.3 Å². The van der Waals surface area contributed by atoms with E-state index in [4.69, 9.17) is 9.47 Å². The third-order valence-corrected chi connectivity index (χ3v) is 2.55. The molecular weight excluding hydrogens is 333 g/mol. The summed E-state index contributed by atoms with van der Waals surface area (Å²) in [5.74, 6) is -0.0613. The first-order chi connectivity index (χ1) is 8.81. The van der Waals surface area contributed by atoms with Crippen LogP contribution in [0.2, 0.25) is 0 Å². The lowest BCUT2D eigenvalue weighted by Crippen LogP contribution is -2.22. The number of aliphatic hydroxyl groups excluding tert-OH is 1. The van der Waals surface area contributed by atoms with Crippen LogP contribution in [-0.2, 0) is 4.74 Å². The van der Waals surface area contributed by atoms with Crippen molar-refractivity contribution in [2.45, 2.75) is 12.5 Å². The SMILES string of the molecule is COC[C@@H](O)COc1ccc(OC(F)(F)F)c(Br)c1. The molecule has 1 aromatic carbocycles. The highest BCUT2D eigenvalue weighted by atomic mass is 79.9. The van der Waals surface area contributed by atoms with Crippen LogP contribution in [0.5, 0.6) is 11.5 Å². The number of methoxy groups -OCH3 is 1. The topological polar surface area (TPSA) is 47.9 Å². The molecule has 0 radical (unpaired) electrons. The van der Waals surface area contributed by atoms with Gasteiger partial charge in [-0.05, 0) is 34.1 Å². The maximum Gasteiger partial charge on any atom is 0.573 e. The van der Waals surface area contributed by atoms with Gasteiger partial charge in [0.2, 0.25) is 0 Å². The molecule has 0 aliphatic rings. The molecule has 19 heavy (non-hydrogen) atoms. The van der Waals surface area contributed by atoms with Gasteiger partial charge in [-0.1, -0.05) is 0 Å². The van der Waals surface area contributed by atoms with Gasteiger partial charge in [-0.2, -0.15) is 0 Å². The van der Waals surface area contributed by atoms with Crippen LogP contribution in [-0.4, -0.2) is 37.9 Å². The molecule has 108 valence electrons. The zero-order valence-electron chi connectivity index (χ0n) is 9.91. The second kappa shape index (κ2) is 6.97. The fourth-order valence-corrected chi connectivity index (χ4v) is 1.65. The smallest absolute Gasteiger partial charge is 0.491 e. The number of rotatable bonds is 6. The number of benzene rings is 1. The predicted molar refractivity (Wildman–Crippen MR) is 64.2 cm³/mol. The molecule has 8 heteroatoms. The van der Waals surface area contributed by atoms with Crippen LogP contribution in [0.25, 0.3) is 0 Å². The van der Waals surface area contributed by atoms with Gasteiger partial charge in [-0.25, -0.2) is 0 Å². The van der Waals surface area contributed by atoms with Gasteiger partial charge in [0, 0.05) is 7.11 Å². The molecule has 0 amide bonds. The number of alkyl halides is 3. The summed E-state index contributed by atoms with van der Waals surface area (Å²) in [6, 6.07) is 3.75. The molecule has 1 atom stereocenters. The summed E-state index contributed by atoms with van der Waals surface area (Å²) >= 11 is 2.95. The van der Waals surface area contributed by atoms with E-state index in [-0.39, 0.29) is 23.4 Å². The van der Waals surface area contributed by atoms with Gasteiger partial charge in [0.15, 0.2) is 0 Å². The van der Waals surface area contributed by atoms with Crippen LogP contribution in [0.3, 0.4) is 0 Å². The molecule has 1 rings (SSSR count). The van der Waals surface area contributed by atoms with Crippen molar-refractivity contribution in [3.63, 3.8) is 0 Å². The molecule has 0 aliphatic carbocycles. The lowest BCUT2D eigenvalue weighted by molar-refractivity contribution is -0.274. The van der Waals surface area contributed by atoms with Crippen molar-refractivity contribution >= 4 is 15.9 Å². The van der Waals surface area contributed by atoms with E-state index < -0.39 is 12.5 Å². The van der Waals surface area contributed by atoms with Crippen molar-refractivity contribution < 1.29 is 32.5 Å². The van der Waals surface area contributed by atoms with E-state index in [0.29, 0.717) is 5.75 Å². The largest absolute Gasteiger partial charge is 0.573 e. The first-order valence-electron chi connectivity index (χ1n) is 5.17. The lowest BCUT2D eigenvalue weighted by Gasteiger charge is -2.14. The minimum atomic E-state index is -4.75. The van der Waals surface area contributed by atoms with Crippen molar-refractivity contribution in [2.75, 3.05) is 20.3 Å². The molecule has 1 aromatic rings. The van der Waals surface area contributed by atoms with Crippen LogP contribution in [0.4, 0.5) is 13.2 Å². The Labute approximate surface area is 116 Å². The highest BCUT2D eigenvalue weighted by Gasteiger charge is 2.32. The highest BCUT2D eigenvalue weighted by Crippen LogP contribution is 2.33. The zero-order valence-corrected chi connectivity index (χ0v) is 11.5. The summed E-state index contributed by atoms with van der Waals surface area (Å²) < 4.78 is 49.9. The molecule has 0 aliphatic heterocycles. The first-order valence-corrected chi connectivity index (χ1v) is 5.96. The molecular formula is C11H12BrF3O4. The predicted octanol–water partition coefficient (Wildman–Crippen LogP) is 2.73. The third-order valence-electron chi connectivity index (χ3n) is 1.93. The van der Waals surface area contributed by atoms with Crippen LogP contribution >= 0.6 is 15.9 Å². The van der Waals surface area contributed by atoms with Crippen molar-refractivity contribution in [3.8, 4) is 11.5 Å². The maximum absolute atomic E-state index is 12.0. The van der Waals surface area contributed by atoms with Crippen LogP contribution in [0.15, 0.2) is 22.7 Å². The molecule has 1 N–H and O–H groups in total. The Hall–Kier alpha value is -0.990. The molecule has 0 fully saturated rings. The Morgan fingerprint density at radius 3 is 2.53 bits per heavy atom. The van der Waals surface area contributed by atoms with Gasteiger partial charge in [-0.3, -0.25) is 0 Å². The third kappa shape index (κ3) is 6.13. The van der Waals surface area contributed by atoms with E-state index in [2.05, 4.69) is 20.7 Å². The lowest BCUT2D eigenvalue weighted by atomic mass is 10.3. The van der Waals surface area contributed by atoms with E-state index in [0.717, 1.165) is 6.07 Å². The van der Waals surface area contributed by atoms with Gasteiger partial charge in [0.25, 0.3) is 0 Å². The number of aliphatic hydroxyl groups is 1. The number of halogens is 4. The Kier molecular flexibility index (Phi) is 5.89. The van der Waals surface area contributed by atoms with Crippen LogP contribution < -0.4 is 9.47 Å². The highest BCUT2D eigenvalue weighted by molar-refractivity contribution is 9.10. The van der Waals surface area contributed by atoms with E-state index in [1.807, 2.05) is 0 Å². The van der Waals surface area contributed by atoms with E-state index in [1.54, 1.807) is 0 Å². The van der Waals surface area contributed by atoms with Gasteiger partial charge in [0.1, 0.15) is 24.2 Å². The Bertz CT molecular complexity index is 411. The monoisotopic (exact) mass is 344 g/mol. The van der Waals surface area contributed by atoms with Crippen molar-refractivity contribution in [1.82, 2.24) is 0 Å². The Morgan fingerprint density at radius 2 is 2.00 bits per heavy atom. The molecule has 0 heterocycles. The molecule has 0 unspecified atom stereocenters. The Morgan fingerprint density at radius 1 is 1.32 bits per heavy atom. The summed E-state index contributed by atoms with van der Waals surface area (Å²) in [5, 5.41) is 9.35. The number of hydrogen-bond acceptors (Lipinski definition) is 4. The minimum absolute atomic E-state index is 0.0280. The fraction of sp³-hybridized carbons (Fsp3) is 0.455. The summed E-state index contributed by atoms with van der Waals surface area (Å²) in [6.07, 6.45) is -5.56. The number of hydrogen-bond donors (Lipinski definition) is 1. The molecule has 0 bridgehead atoms. The van der Waals surface area contributed by atoms with Crippen molar-refractivity contribution in [1.29, 1.82) is 0 Å². The molecule has 0 saturated carbocycles. The van der Waals surface area contributed by atoms with Crippen LogP contribution in [0, 0.1) is 0 Å². The van der Waals surface area contributed by atoms with Crippen molar-refractivity contribution in [3.05, 3.63) is 22.7 Å². The quantitative estimate of drug-likeness (QED) is 0.861. The van der Waals surface area contributed by atoms with Gasteiger partial charge in [-0.15, -0.1) is 13.2 Å². The zero-order chi connectivity index (χ0) is 14.5. The van der Waals surface area contributed by atoms with Crippen LogP contribution in [0.1, 0.15) is 0 Å². The number of ether oxygens (including phenoxy) is 3. The van der Waals surface area contributed by atoms with Crippen molar-refractivity contribution in [2.24, 2.45) is 0 Å². The second-order valence-electron chi connectivity index (χ2n) is 3.56. The second-order valence-corrected chi connectivity index (χ2v) is 4.41. The maximum atomic E-state index is 12.0. The molecule has 0 saturated heterocycles. The van der Waals surface area contributed by atoms with E-state index in [9.17, 15) is 18.3 Å². The van der Waals surface area contributed by atoms with E-state index in [1.165, 1.54) is 19.2 Å². The van der Waals surface area contributed by atoms with E-state index >= 15 is 0 Å². The summed E-state index contributed by atoms with van der Waals surface area (Å²) in [4.78, 5) is 0. The van der Waals surface area contributed by atoms with Gasteiger partial charge in [0.05, 0.1) is 11.1 Å². The molecule has 0 aromatic heterocycles. The van der Waals surface area contributed by atoms with Gasteiger partial charge >= 0.3 is 6.36 Å². The average molecular weight is 345 g/mol. The summed E-state index contributed by atoms with van der Waals surface area (Å²) in [7, 11) is 1.43. The fourth-order valence-electron chi connectivity index (χ4n) is 1.21. The normalized spacial score (nSPS) is 13.2. The molecule has 4 nitrogen and oxygen atoms in total. The minimum Gasteiger partial charge on any atom is -0.491 e. The Balaban J connectivity index is 2.61. The summed E-state index contributed by atoms with van der Waals surface area (Å²) in [5.41, 5.74) is 0. The average Bonchev–Trinajstić information content (AvgIpc) is 2.28.